The first kappa shape index (κ1) is 7.44. The molecule has 0 heterocycles. The molecule has 0 aliphatic heterocycles. The lowest BCUT2D eigenvalue weighted by molar-refractivity contribution is 1.01. The first-order valence-corrected chi connectivity index (χ1v) is 2.79. The molecule has 8 heavy (non-hydrogen) atoms. The maximum atomic E-state index is 5.23. The quantitative estimate of drug-likeness (QED) is 0.548. The van der Waals surface area contributed by atoms with E-state index in [1.807, 2.05) is 19.1 Å². The molecule has 0 amide bonds. The third-order valence-electron chi connectivity index (χ3n) is 0.736. The minimum absolute atomic E-state index is 0.726. The van der Waals surface area contributed by atoms with Gasteiger partial charge in [-0.3, -0.25) is 0 Å². The first-order chi connectivity index (χ1) is 3.77. The molecule has 0 saturated carbocycles. The van der Waals surface area contributed by atoms with Gasteiger partial charge in [0, 0.05) is 0 Å². The molecule has 0 aromatic rings. The Morgan fingerprint density at radius 1 is 1.75 bits per heavy atom. The lowest BCUT2D eigenvalue weighted by atomic mass is 10.3. The molecular formula is C7H13N. The number of nitrogens with two attached hydrogens (primary N) is 1. The molecule has 0 rings (SSSR count). The standard InChI is InChI=1S/C7H13N/c1-7(2)5-3-4-6-8/h3,5H,1,4,6,8H2,2H3/b5-3+. The highest BCUT2D eigenvalue weighted by atomic mass is 14.5. The molecule has 0 atom stereocenters. The summed E-state index contributed by atoms with van der Waals surface area (Å²) in [6.45, 7) is 6.39. The Morgan fingerprint density at radius 3 is 2.75 bits per heavy atom. The van der Waals surface area contributed by atoms with Crippen molar-refractivity contribution in [2.75, 3.05) is 6.54 Å². The molecule has 0 unspecified atom stereocenters. The van der Waals surface area contributed by atoms with Crippen LogP contribution in [0.25, 0.3) is 0 Å². The highest BCUT2D eigenvalue weighted by molar-refractivity contribution is 5.10. The molecule has 0 bridgehead atoms. The van der Waals surface area contributed by atoms with E-state index in [1.54, 1.807) is 0 Å². The largest absolute Gasteiger partial charge is 0.330 e. The summed E-state index contributed by atoms with van der Waals surface area (Å²) >= 11 is 0. The van der Waals surface area contributed by atoms with E-state index in [1.165, 1.54) is 0 Å². The smallest absolute Gasteiger partial charge is 0.00425 e. The highest BCUT2D eigenvalue weighted by Gasteiger charge is 1.72. The van der Waals surface area contributed by atoms with Crippen molar-refractivity contribution in [1.82, 2.24) is 0 Å². The van der Waals surface area contributed by atoms with Crippen molar-refractivity contribution in [3.05, 3.63) is 24.3 Å². The summed E-state index contributed by atoms with van der Waals surface area (Å²) in [4.78, 5) is 0. The van der Waals surface area contributed by atoms with Crippen molar-refractivity contribution < 1.29 is 0 Å². The van der Waals surface area contributed by atoms with E-state index in [9.17, 15) is 0 Å². The van der Waals surface area contributed by atoms with Crippen LogP contribution in [0.4, 0.5) is 0 Å². The summed E-state index contributed by atoms with van der Waals surface area (Å²) in [5.74, 6) is 0. The Kier molecular flexibility index (Phi) is 4.27. The van der Waals surface area contributed by atoms with Crippen LogP contribution in [0.3, 0.4) is 0 Å². The molecule has 1 heteroatoms. The van der Waals surface area contributed by atoms with Crippen molar-refractivity contribution in [3.63, 3.8) is 0 Å². The van der Waals surface area contributed by atoms with Crippen LogP contribution < -0.4 is 5.73 Å². The van der Waals surface area contributed by atoms with Gasteiger partial charge in [-0.15, -0.1) is 0 Å². The van der Waals surface area contributed by atoms with E-state index >= 15 is 0 Å². The van der Waals surface area contributed by atoms with Crippen molar-refractivity contribution >= 4 is 0 Å². The second-order valence-electron chi connectivity index (χ2n) is 1.83. The second kappa shape index (κ2) is 4.60. The third kappa shape index (κ3) is 5.44. The predicted octanol–water partition coefficient (Wildman–Crippen LogP) is 1.47. The van der Waals surface area contributed by atoms with Gasteiger partial charge in [0.05, 0.1) is 0 Å². The first-order valence-electron chi connectivity index (χ1n) is 2.79. The molecule has 46 valence electrons. The lowest BCUT2D eigenvalue weighted by Gasteiger charge is -1.84. The monoisotopic (exact) mass is 111 g/mol. The minimum atomic E-state index is 0.726. The van der Waals surface area contributed by atoms with Gasteiger partial charge in [0.25, 0.3) is 0 Å². The molecule has 0 aliphatic rings. The number of hydrogen-bond donors (Lipinski definition) is 1. The Morgan fingerprint density at radius 2 is 2.38 bits per heavy atom. The van der Waals surface area contributed by atoms with E-state index < -0.39 is 0 Å². The van der Waals surface area contributed by atoms with E-state index in [-0.39, 0.29) is 0 Å². The summed E-state index contributed by atoms with van der Waals surface area (Å²) < 4.78 is 0. The summed E-state index contributed by atoms with van der Waals surface area (Å²) in [5, 5.41) is 0. The fourth-order valence-electron chi connectivity index (χ4n) is 0.381. The Hall–Kier alpha value is -0.560. The van der Waals surface area contributed by atoms with Crippen molar-refractivity contribution in [2.45, 2.75) is 13.3 Å². The average Bonchev–Trinajstić information content (AvgIpc) is 1.66. The maximum absolute atomic E-state index is 5.23. The van der Waals surface area contributed by atoms with Crippen LogP contribution in [0, 0.1) is 0 Å². The molecule has 0 saturated heterocycles. The second-order valence-corrected chi connectivity index (χ2v) is 1.83. The summed E-state index contributed by atoms with van der Waals surface area (Å²) in [6, 6.07) is 0. The van der Waals surface area contributed by atoms with Gasteiger partial charge < -0.3 is 5.73 Å². The topological polar surface area (TPSA) is 26.0 Å². The molecule has 0 aliphatic carbocycles. The molecule has 0 radical (unpaired) electrons. The van der Waals surface area contributed by atoms with Crippen molar-refractivity contribution in [3.8, 4) is 0 Å². The van der Waals surface area contributed by atoms with Gasteiger partial charge in [-0.05, 0) is 19.9 Å². The zero-order valence-electron chi connectivity index (χ0n) is 5.35. The van der Waals surface area contributed by atoms with E-state index in [2.05, 4.69) is 6.58 Å². The SMILES string of the molecule is C=C(C)/C=C/CCN. The molecule has 0 fully saturated rings. The van der Waals surface area contributed by atoms with Gasteiger partial charge in [0.1, 0.15) is 0 Å². The van der Waals surface area contributed by atoms with Gasteiger partial charge in [-0.2, -0.15) is 0 Å². The predicted molar refractivity (Wildman–Crippen MR) is 37.6 cm³/mol. The Bertz CT molecular complexity index is 92.6. The summed E-state index contributed by atoms with van der Waals surface area (Å²) in [7, 11) is 0. The molecule has 1 nitrogen and oxygen atoms in total. The normalized spacial score (nSPS) is 10.2. The van der Waals surface area contributed by atoms with Crippen molar-refractivity contribution in [2.24, 2.45) is 5.73 Å². The molecule has 2 N–H and O–H groups in total. The van der Waals surface area contributed by atoms with E-state index in [0.717, 1.165) is 18.5 Å². The highest BCUT2D eigenvalue weighted by Crippen LogP contribution is 1.89. The Balaban J connectivity index is 3.20. The van der Waals surface area contributed by atoms with Crippen LogP contribution >= 0.6 is 0 Å². The average molecular weight is 111 g/mol. The number of rotatable bonds is 3. The van der Waals surface area contributed by atoms with Gasteiger partial charge in [0.15, 0.2) is 0 Å². The maximum Gasteiger partial charge on any atom is -0.00425 e. The minimum Gasteiger partial charge on any atom is -0.330 e. The molecule has 0 spiro atoms. The zero-order chi connectivity index (χ0) is 6.41. The lowest BCUT2D eigenvalue weighted by Crippen LogP contribution is -1.94. The van der Waals surface area contributed by atoms with Gasteiger partial charge >= 0.3 is 0 Å². The van der Waals surface area contributed by atoms with Gasteiger partial charge in [0.2, 0.25) is 0 Å². The van der Waals surface area contributed by atoms with Gasteiger partial charge in [-0.1, -0.05) is 24.3 Å². The third-order valence-corrected chi connectivity index (χ3v) is 0.736. The summed E-state index contributed by atoms with van der Waals surface area (Å²) in [6.07, 6.45) is 4.96. The van der Waals surface area contributed by atoms with Crippen LogP contribution in [-0.2, 0) is 0 Å². The number of hydrogen-bond acceptors (Lipinski definition) is 1. The Labute approximate surface area is 50.9 Å². The molecule has 0 aromatic carbocycles. The van der Waals surface area contributed by atoms with Gasteiger partial charge in [-0.25, -0.2) is 0 Å². The fourth-order valence-corrected chi connectivity index (χ4v) is 0.381. The molecular weight excluding hydrogens is 98.1 g/mol. The van der Waals surface area contributed by atoms with Crippen LogP contribution in [0.2, 0.25) is 0 Å². The summed E-state index contributed by atoms with van der Waals surface area (Å²) in [5.41, 5.74) is 6.32. The fraction of sp³-hybridized carbons (Fsp3) is 0.429. The molecule has 0 aromatic heterocycles. The van der Waals surface area contributed by atoms with Crippen LogP contribution in [0.5, 0.6) is 0 Å². The number of allylic oxidation sites excluding steroid dienone is 2. The van der Waals surface area contributed by atoms with E-state index in [4.69, 9.17) is 5.73 Å². The van der Waals surface area contributed by atoms with Crippen LogP contribution in [-0.4, -0.2) is 6.54 Å². The van der Waals surface area contributed by atoms with Crippen LogP contribution in [0.1, 0.15) is 13.3 Å². The van der Waals surface area contributed by atoms with E-state index in [0.29, 0.717) is 0 Å². The van der Waals surface area contributed by atoms with Crippen LogP contribution in [0.15, 0.2) is 24.3 Å². The van der Waals surface area contributed by atoms with Crippen molar-refractivity contribution in [1.29, 1.82) is 0 Å². The zero-order valence-corrected chi connectivity index (χ0v) is 5.35.